The molecular weight excluding hydrogens is 258 g/mol. The molecule has 0 unspecified atom stereocenters. The molecule has 1 N–H and O–H groups in total. The van der Waals surface area contributed by atoms with Gasteiger partial charge in [-0.05, 0) is 36.2 Å². The molecule has 0 radical (unpaired) electrons. The molecule has 3 nitrogen and oxygen atoms in total. The van der Waals surface area contributed by atoms with Gasteiger partial charge < -0.3 is 5.32 Å². The molecule has 0 aromatic heterocycles. The maximum Gasteiger partial charge on any atom is 0.175 e. The van der Waals surface area contributed by atoms with Crippen molar-refractivity contribution < 1.29 is 8.42 Å². The van der Waals surface area contributed by atoms with Crippen LogP contribution < -0.4 is 5.32 Å². The maximum atomic E-state index is 11.3. The van der Waals surface area contributed by atoms with Crippen LogP contribution in [0.15, 0.2) is 35.2 Å². The fourth-order valence-electron chi connectivity index (χ4n) is 1.80. The monoisotopic (exact) mass is 273 g/mol. The Labute approximate surface area is 108 Å². The first-order valence-electron chi connectivity index (χ1n) is 5.27. The third kappa shape index (κ3) is 3.56. The molecule has 0 aliphatic carbocycles. The lowest BCUT2D eigenvalue weighted by atomic mass is 10.0. The van der Waals surface area contributed by atoms with Crippen LogP contribution in [-0.2, 0) is 9.84 Å². The summed E-state index contributed by atoms with van der Waals surface area (Å²) >= 11 is 0. The molecule has 0 atom stereocenters. The number of benzene rings is 1. The van der Waals surface area contributed by atoms with Gasteiger partial charge in [-0.15, -0.1) is 12.4 Å². The van der Waals surface area contributed by atoms with Crippen molar-refractivity contribution >= 4 is 27.8 Å². The summed E-state index contributed by atoms with van der Waals surface area (Å²) in [5, 5.41) is 3.25. The molecule has 1 aromatic carbocycles. The van der Waals surface area contributed by atoms with E-state index in [1.807, 2.05) is 12.1 Å². The summed E-state index contributed by atoms with van der Waals surface area (Å²) < 4.78 is 22.6. The first kappa shape index (κ1) is 14.2. The van der Waals surface area contributed by atoms with Crippen LogP contribution in [0.25, 0.3) is 5.57 Å². The highest BCUT2D eigenvalue weighted by atomic mass is 35.5. The molecule has 1 heterocycles. The van der Waals surface area contributed by atoms with Gasteiger partial charge in [0.05, 0.1) is 4.90 Å². The third-order valence-corrected chi connectivity index (χ3v) is 3.85. The maximum absolute atomic E-state index is 11.3. The van der Waals surface area contributed by atoms with Crippen molar-refractivity contribution in [2.45, 2.75) is 11.3 Å². The zero-order valence-electron chi connectivity index (χ0n) is 9.64. The SMILES string of the molecule is CS(=O)(=O)c1ccc(C2=CCNCC2)cc1.Cl. The average molecular weight is 274 g/mol. The van der Waals surface area contributed by atoms with Crippen molar-refractivity contribution in [3.63, 3.8) is 0 Å². The minimum absolute atomic E-state index is 0. The van der Waals surface area contributed by atoms with Crippen molar-refractivity contribution in [1.29, 1.82) is 0 Å². The Bertz CT molecular complexity index is 506. The molecule has 1 aliphatic heterocycles. The highest BCUT2D eigenvalue weighted by molar-refractivity contribution is 7.90. The van der Waals surface area contributed by atoms with Crippen LogP contribution in [-0.4, -0.2) is 27.8 Å². The smallest absolute Gasteiger partial charge is 0.175 e. The summed E-state index contributed by atoms with van der Waals surface area (Å²) in [6, 6.07) is 7.11. The van der Waals surface area contributed by atoms with E-state index in [1.54, 1.807) is 12.1 Å². The van der Waals surface area contributed by atoms with E-state index in [0.29, 0.717) is 4.90 Å². The lowest BCUT2D eigenvalue weighted by molar-refractivity contribution is 0.602. The zero-order valence-corrected chi connectivity index (χ0v) is 11.3. The predicted octanol–water partition coefficient (Wildman–Crippen LogP) is 1.89. The molecule has 0 saturated heterocycles. The third-order valence-electron chi connectivity index (χ3n) is 2.72. The van der Waals surface area contributed by atoms with Crippen molar-refractivity contribution in [3.8, 4) is 0 Å². The van der Waals surface area contributed by atoms with E-state index < -0.39 is 9.84 Å². The molecule has 94 valence electrons. The first-order valence-corrected chi connectivity index (χ1v) is 7.17. The largest absolute Gasteiger partial charge is 0.313 e. The Kier molecular flexibility index (Phi) is 4.74. The molecule has 0 fully saturated rings. The molecular formula is C12H16ClNO2S. The van der Waals surface area contributed by atoms with E-state index in [-0.39, 0.29) is 12.4 Å². The molecule has 0 bridgehead atoms. The van der Waals surface area contributed by atoms with E-state index in [1.165, 1.54) is 11.8 Å². The molecule has 1 aliphatic rings. The highest BCUT2D eigenvalue weighted by Gasteiger charge is 2.09. The Morgan fingerprint density at radius 2 is 1.82 bits per heavy atom. The first-order chi connectivity index (χ1) is 7.57. The Balaban J connectivity index is 0.00000144. The molecule has 1 aromatic rings. The van der Waals surface area contributed by atoms with E-state index >= 15 is 0 Å². The number of sulfone groups is 1. The Morgan fingerprint density at radius 3 is 2.29 bits per heavy atom. The molecule has 5 heteroatoms. The van der Waals surface area contributed by atoms with Gasteiger partial charge in [-0.2, -0.15) is 0 Å². The molecule has 2 rings (SSSR count). The topological polar surface area (TPSA) is 46.2 Å². The van der Waals surface area contributed by atoms with Crippen molar-refractivity contribution in [2.75, 3.05) is 19.3 Å². The number of rotatable bonds is 2. The van der Waals surface area contributed by atoms with Crippen LogP contribution in [0.1, 0.15) is 12.0 Å². The van der Waals surface area contributed by atoms with E-state index in [9.17, 15) is 8.42 Å². The van der Waals surface area contributed by atoms with Crippen LogP contribution in [0.3, 0.4) is 0 Å². The standard InChI is InChI=1S/C12H15NO2S.ClH/c1-16(14,15)12-4-2-10(3-5-12)11-6-8-13-9-7-11;/h2-6,13H,7-9H2,1H3;1H. The zero-order chi connectivity index (χ0) is 11.6. The highest BCUT2D eigenvalue weighted by Crippen LogP contribution is 2.21. The van der Waals surface area contributed by atoms with E-state index in [2.05, 4.69) is 11.4 Å². The average Bonchev–Trinajstić information content (AvgIpc) is 2.29. The second-order valence-electron chi connectivity index (χ2n) is 3.98. The number of halogens is 1. The van der Waals surface area contributed by atoms with Crippen LogP contribution >= 0.6 is 12.4 Å². The number of nitrogens with one attached hydrogen (secondary N) is 1. The van der Waals surface area contributed by atoms with Gasteiger partial charge in [-0.3, -0.25) is 0 Å². The second-order valence-corrected chi connectivity index (χ2v) is 6.00. The molecule has 0 amide bonds. The van der Waals surface area contributed by atoms with Crippen molar-refractivity contribution in [3.05, 3.63) is 35.9 Å². The summed E-state index contributed by atoms with van der Waals surface area (Å²) in [6.45, 7) is 1.88. The van der Waals surface area contributed by atoms with Gasteiger partial charge in [0.2, 0.25) is 0 Å². The number of hydrogen-bond acceptors (Lipinski definition) is 3. The van der Waals surface area contributed by atoms with E-state index in [0.717, 1.165) is 25.1 Å². The molecule has 0 spiro atoms. The fourth-order valence-corrected chi connectivity index (χ4v) is 2.43. The lowest BCUT2D eigenvalue weighted by Gasteiger charge is -2.14. The summed E-state index contributed by atoms with van der Waals surface area (Å²) in [6.07, 6.45) is 4.38. The van der Waals surface area contributed by atoms with Crippen LogP contribution in [0, 0.1) is 0 Å². The van der Waals surface area contributed by atoms with Gasteiger partial charge in [-0.1, -0.05) is 18.2 Å². The molecule has 17 heavy (non-hydrogen) atoms. The second kappa shape index (κ2) is 5.67. The van der Waals surface area contributed by atoms with Crippen LogP contribution in [0.5, 0.6) is 0 Å². The minimum atomic E-state index is -3.08. The summed E-state index contributed by atoms with van der Waals surface area (Å²) in [5.74, 6) is 0. The van der Waals surface area contributed by atoms with E-state index in [4.69, 9.17) is 0 Å². The summed E-state index contributed by atoms with van der Waals surface area (Å²) in [4.78, 5) is 0.380. The van der Waals surface area contributed by atoms with Gasteiger partial charge in [0.1, 0.15) is 0 Å². The van der Waals surface area contributed by atoms with Gasteiger partial charge in [0, 0.05) is 12.8 Å². The lowest BCUT2D eigenvalue weighted by Crippen LogP contribution is -2.20. The van der Waals surface area contributed by atoms with Gasteiger partial charge in [0.15, 0.2) is 9.84 Å². The predicted molar refractivity (Wildman–Crippen MR) is 72.3 cm³/mol. The Morgan fingerprint density at radius 1 is 1.18 bits per heavy atom. The Hall–Kier alpha value is -0.840. The summed E-state index contributed by atoms with van der Waals surface area (Å²) in [7, 11) is -3.08. The van der Waals surface area contributed by atoms with Crippen LogP contribution in [0.4, 0.5) is 0 Å². The molecule has 0 saturated carbocycles. The van der Waals surface area contributed by atoms with Crippen molar-refractivity contribution in [1.82, 2.24) is 5.32 Å². The van der Waals surface area contributed by atoms with Gasteiger partial charge in [-0.25, -0.2) is 8.42 Å². The van der Waals surface area contributed by atoms with Gasteiger partial charge >= 0.3 is 0 Å². The summed E-state index contributed by atoms with van der Waals surface area (Å²) in [5.41, 5.74) is 2.41. The van der Waals surface area contributed by atoms with Crippen molar-refractivity contribution in [2.24, 2.45) is 0 Å². The minimum Gasteiger partial charge on any atom is -0.313 e. The number of hydrogen-bond donors (Lipinski definition) is 1. The van der Waals surface area contributed by atoms with Gasteiger partial charge in [0.25, 0.3) is 0 Å². The van der Waals surface area contributed by atoms with Crippen LogP contribution in [0.2, 0.25) is 0 Å². The fraction of sp³-hybridized carbons (Fsp3) is 0.333. The quantitative estimate of drug-likeness (QED) is 0.895. The normalized spacial score (nSPS) is 15.9.